The number of ether oxygens (including phenoxy) is 1. The van der Waals surface area contributed by atoms with E-state index in [9.17, 15) is 0 Å². The van der Waals surface area contributed by atoms with Gasteiger partial charge in [0.25, 0.3) is 0 Å². The van der Waals surface area contributed by atoms with Gasteiger partial charge in [-0.2, -0.15) is 0 Å². The summed E-state index contributed by atoms with van der Waals surface area (Å²) in [5.74, 6) is 3.34. The summed E-state index contributed by atoms with van der Waals surface area (Å²) in [7, 11) is 0. The molecule has 0 saturated carbocycles. The second kappa shape index (κ2) is 13.7. The number of para-hydroxylation sites is 3. The zero-order chi connectivity index (χ0) is 39.6. The molecule has 0 bridgehead atoms. The Morgan fingerprint density at radius 3 is 1.95 bits per heavy atom. The van der Waals surface area contributed by atoms with Gasteiger partial charge in [0, 0.05) is 46.5 Å². The third kappa shape index (κ3) is 6.59. The van der Waals surface area contributed by atoms with Crippen LogP contribution in [-0.2, 0) is 10.8 Å². The second-order valence-corrected chi connectivity index (χ2v) is 17.4. The Labute approximate surface area is 336 Å². The third-order valence-electron chi connectivity index (χ3n) is 11.3. The minimum Gasteiger partial charge on any atom is -0.457 e. The van der Waals surface area contributed by atoms with E-state index < -0.39 is 0 Å². The van der Waals surface area contributed by atoms with Crippen molar-refractivity contribution in [3.63, 3.8) is 0 Å². The smallest absolute Gasteiger partial charge is 0.137 e. The standard InChI is InChI=1S/C51H49N5O/c1-33-26-37(51(6,7)8)27-34(2)49(33)35-20-23-47(53-31-35)55-32-54(44-18-11-12-19-45(44)55)38-14-13-15-39(29-38)57-40-21-22-42-41-16-9-10-17-43(41)56(46(42)30-40)48-28-36(24-25-52-48)50(3,4)5/h9-31H,32H2,1-8H3. The van der Waals surface area contributed by atoms with Gasteiger partial charge in [-0.25, -0.2) is 9.97 Å². The summed E-state index contributed by atoms with van der Waals surface area (Å²) in [6, 6.07) is 45.1. The fourth-order valence-corrected chi connectivity index (χ4v) is 8.30. The van der Waals surface area contributed by atoms with Crippen LogP contribution in [0.2, 0.25) is 0 Å². The summed E-state index contributed by atoms with van der Waals surface area (Å²) in [5, 5.41) is 2.35. The van der Waals surface area contributed by atoms with Gasteiger partial charge in [0.1, 0.15) is 29.8 Å². The van der Waals surface area contributed by atoms with Crippen molar-refractivity contribution in [2.75, 3.05) is 16.5 Å². The quantitative estimate of drug-likeness (QED) is 0.169. The molecule has 0 radical (unpaired) electrons. The van der Waals surface area contributed by atoms with E-state index in [1.165, 1.54) is 33.2 Å². The molecule has 5 aromatic carbocycles. The van der Waals surface area contributed by atoms with Crippen molar-refractivity contribution in [3.8, 4) is 28.4 Å². The van der Waals surface area contributed by atoms with Crippen molar-refractivity contribution >= 4 is 44.7 Å². The molecule has 1 aliphatic rings. The lowest BCUT2D eigenvalue weighted by molar-refractivity contribution is 0.483. The van der Waals surface area contributed by atoms with E-state index in [4.69, 9.17) is 14.7 Å². The Hall–Kier alpha value is -6.40. The summed E-state index contributed by atoms with van der Waals surface area (Å²) in [6.45, 7) is 18.6. The van der Waals surface area contributed by atoms with Gasteiger partial charge in [0.15, 0.2) is 0 Å². The highest BCUT2D eigenvalue weighted by molar-refractivity contribution is 6.09. The van der Waals surface area contributed by atoms with Gasteiger partial charge in [-0.3, -0.25) is 4.57 Å². The van der Waals surface area contributed by atoms with E-state index in [0.29, 0.717) is 6.67 Å². The molecule has 6 nitrogen and oxygen atoms in total. The highest BCUT2D eigenvalue weighted by Crippen LogP contribution is 2.45. The molecular formula is C51H49N5O. The molecular weight excluding hydrogens is 699 g/mol. The molecule has 9 rings (SSSR count). The van der Waals surface area contributed by atoms with E-state index in [1.807, 2.05) is 18.5 Å². The van der Waals surface area contributed by atoms with E-state index >= 15 is 0 Å². The number of hydrogen-bond donors (Lipinski definition) is 0. The van der Waals surface area contributed by atoms with Crippen LogP contribution < -0.4 is 14.5 Å². The maximum Gasteiger partial charge on any atom is 0.137 e. The minimum atomic E-state index is 0.00153. The van der Waals surface area contributed by atoms with Crippen LogP contribution >= 0.6 is 0 Å². The molecule has 4 heterocycles. The lowest BCUT2D eigenvalue weighted by Gasteiger charge is -2.23. The van der Waals surface area contributed by atoms with Crippen LogP contribution in [0.3, 0.4) is 0 Å². The highest BCUT2D eigenvalue weighted by Gasteiger charge is 2.29. The van der Waals surface area contributed by atoms with Gasteiger partial charge in [-0.1, -0.05) is 90.1 Å². The van der Waals surface area contributed by atoms with Gasteiger partial charge in [-0.05, 0) is 119 Å². The van der Waals surface area contributed by atoms with Crippen molar-refractivity contribution < 1.29 is 4.74 Å². The maximum atomic E-state index is 6.66. The highest BCUT2D eigenvalue weighted by atomic mass is 16.5. The van der Waals surface area contributed by atoms with Gasteiger partial charge >= 0.3 is 0 Å². The fraction of sp³-hybridized carbons (Fsp3) is 0.216. The third-order valence-corrected chi connectivity index (χ3v) is 11.3. The first-order chi connectivity index (χ1) is 27.3. The molecule has 8 aromatic rings. The first-order valence-corrected chi connectivity index (χ1v) is 19.8. The minimum absolute atomic E-state index is 0.00153. The Bertz CT molecular complexity index is 2780. The molecule has 57 heavy (non-hydrogen) atoms. The normalized spacial score (nSPS) is 13.1. The molecule has 0 aliphatic carbocycles. The van der Waals surface area contributed by atoms with Crippen molar-refractivity contribution in [3.05, 3.63) is 162 Å². The van der Waals surface area contributed by atoms with E-state index in [0.717, 1.165) is 62.2 Å². The largest absolute Gasteiger partial charge is 0.457 e. The Morgan fingerprint density at radius 1 is 0.544 bits per heavy atom. The van der Waals surface area contributed by atoms with E-state index in [1.54, 1.807) is 0 Å². The zero-order valence-corrected chi connectivity index (χ0v) is 34.1. The summed E-state index contributed by atoms with van der Waals surface area (Å²) in [5.41, 5.74) is 13.1. The van der Waals surface area contributed by atoms with Crippen molar-refractivity contribution in [2.45, 2.75) is 66.2 Å². The van der Waals surface area contributed by atoms with E-state index in [2.05, 4.69) is 191 Å². The number of rotatable bonds is 6. The molecule has 0 atom stereocenters. The number of anilines is 4. The number of aromatic nitrogens is 3. The summed E-state index contributed by atoms with van der Waals surface area (Å²) < 4.78 is 8.92. The lowest BCUT2D eigenvalue weighted by atomic mass is 9.83. The summed E-state index contributed by atoms with van der Waals surface area (Å²) in [4.78, 5) is 14.5. The average Bonchev–Trinajstić information content (AvgIpc) is 3.74. The van der Waals surface area contributed by atoms with Crippen molar-refractivity contribution in [1.82, 2.24) is 14.5 Å². The molecule has 6 heteroatoms. The molecule has 0 spiro atoms. The molecule has 0 amide bonds. The molecule has 0 N–H and O–H groups in total. The topological polar surface area (TPSA) is 46.4 Å². The summed E-state index contributed by atoms with van der Waals surface area (Å²) >= 11 is 0. The zero-order valence-electron chi connectivity index (χ0n) is 34.1. The van der Waals surface area contributed by atoms with Crippen LogP contribution in [0.5, 0.6) is 11.5 Å². The van der Waals surface area contributed by atoms with Crippen molar-refractivity contribution in [2.24, 2.45) is 0 Å². The molecule has 284 valence electrons. The number of hydrogen-bond acceptors (Lipinski definition) is 5. The number of nitrogens with zero attached hydrogens (tertiary/aromatic N) is 5. The number of fused-ring (bicyclic) bond motifs is 4. The molecule has 0 unspecified atom stereocenters. The maximum absolute atomic E-state index is 6.66. The Balaban J connectivity index is 1.02. The number of aryl methyl sites for hydroxylation is 2. The Morgan fingerprint density at radius 2 is 1.23 bits per heavy atom. The van der Waals surface area contributed by atoms with Crippen LogP contribution in [0, 0.1) is 13.8 Å². The average molecular weight is 748 g/mol. The van der Waals surface area contributed by atoms with Crippen LogP contribution in [0.1, 0.15) is 63.8 Å². The monoisotopic (exact) mass is 747 g/mol. The fourth-order valence-electron chi connectivity index (χ4n) is 8.30. The number of pyridine rings is 2. The molecule has 1 aliphatic heterocycles. The molecule has 0 fully saturated rings. The first kappa shape index (κ1) is 36.3. The SMILES string of the molecule is Cc1cc(C(C)(C)C)cc(C)c1-c1ccc(N2CN(c3cccc(Oc4ccc5c6ccccc6n(-c6cc(C(C)(C)C)ccn6)c5c4)c3)c3ccccc32)nc1. The van der Waals surface area contributed by atoms with Gasteiger partial charge in [0.2, 0.25) is 0 Å². The van der Waals surface area contributed by atoms with Crippen molar-refractivity contribution in [1.29, 1.82) is 0 Å². The van der Waals surface area contributed by atoms with E-state index in [-0.39, 0.29) is 10.8 Å². The summed E-state index contributed by atoms with van der Waals surface area (Å²) in [6.07, 6.45) is 3.94. The van der Waals surface area contributed by atoms with Crippen LogP contribution in [0.15, 0.2) is 140 Å². The van der Waals surface area contributed by atoms with Gasteiger partial charge in [0.05, 0.1) is 22.4 Å². The van der Waals surface area contributed by atoms with Crippen LogP contribution in [-0.4, -0.2) is 21.2 Å². The molecule has 3 aromatic heterocycles. The van der Waals surface area contributed by atoms with Crippen LogP contribution in [0.25, 0.3) is 38.8 Å². The predicted octanol–water partition coefficient (Wildman–Crippen LogP) is 13.5. The number of benzene rings is 5. The van der Waals surface area contributed by atoms with Gasteiger partial charge < -0.3 is 14.5 Å². The lowest BCUT2D eigenvalue weighted by Crippen LogP contribution is -2.24. The van der Waals surface area contributed by atoms with Crippen LogP contribution in [0.4, 0.5) is 22.9 Å². The first-order valence-electron chi connectivity index (χ1n) is 19.8. The predicted molar refractivity (Wildman–Crippen MR) is 237 cm³/mol. The molecule has 0 saturated heterocycles. The second-order valence-electron chi connectivity index (χ2n) is 17.4. The van der Waals surface area contributed by atoms with Gasteiger partial charge in [-0.15, -0.1) is 0 Å². The Kier molecular flexibility index (Phi) is 8.69.